The molecular formula is C13H28P2+2. The molecule has 0 nitrogen and oxygen atoms in total. The highest BCUT2D eigenvalue weighted by atomic mass is 31.2. The summed E-state index contributed by atoms with van der Waals surface area (Å²) in [5, 5.41) is 0. The summed E-state index contributed by atoms with van der Waals surface area (Å²) in [6, 6.07) is 0. The lowest BCUT2D eigenvalue weighted by atomic mass is 9.93. The average molecular weight is 246 g/mol. The fraction of sp³-hybridized carbons (Fsp3) is 1.00. The first kappa shape index (κ1) is 12.3. The van der Waals surface area contributed by atoms with E-state index in [2.05, 4.69) is 26.7 Å². The standard InChI is InChI=1S/C13H28P2/c1-14(2)7-5-12-6-8-15(3,4)11-13(9-12)10-14/h12-13H,5-11H2,1-4H3/q+2. The zero-order valence-electron chi connectivity index (χ0n) is 11.0. The number of fused-ring (bicyclic) bond motifs is 2. The molecule has 0 spiro atoms. The molecule has 0 saturated carbocycles. The maximum Gasteiger partial charge on any atom is 0.0651 e. The van der Waals surface area contributed by atoms with Gasteiger partial charge in [0.15, 0.2) is 0 Å². The van der Waals surface area contributed by atoms with Gasteiger partial charge in [-0.15, -0.1) is 0 Å². The van der Waals surface area contributed by atoms with E-state index in [1.807, 2.05) is 0 Å². The lowest BCUT2D eigenvalue weighted by Gasteiger charge is -2.24. The van der Waals surface area contributed by atoms with Gasteiger partial charge in [0.2, 0.25) is 0 Å². The normalized spacial score (nSPS) is 39.2. The molecule has 0 atom stereocenters. The fourth-order valence-electron chi connectivity index (χ4n) is 3.70. The van der Waals surface area contributed by atoms with Gasteiger partial charge in [0, 0.05) is 47.1 Å². The van der Waals surface area contributed by atoms with Gasteiger partial charge >= 0.3 is 0 Å². The van der Waals surface area contributed by atoms with Crippen molar-refractivity contribution in [3.63, 3.8) is 0 Å². The van der Waals surface area contributed by atoms with Gasteiger partial charge in [0.1, 0.15) is 0 Å². The molecule has 0 unspecified atom stereocenters. The smallest absolute Gasteiger partial charge is 0.0404 e. The monoisotopic (exact) mass is 246 g/mol. The summed E-state index contributed by atoms with van der Waals surface area (Å²) >= 11 is 0. The highest BCUT2D eigenvalue weighted by molar-refractivity contribution is 7.75. The maximum atomic E-state index is 2.61. The molecule has 2 rings (SSSR count). The Morgan fingerprint density at radius 3 is 1.67 bits per heavy atom. The number of hydrogen-bond donors (Lipinski definition) is 0. The van der Waals surface area contributed by atoms with Crippen LogP contribution in [-0.2, 0) is 0 Å². The van der Waals surface area contributed by atoms with E-state index in [-0.39, 0.29) is 0 Å². The van der Waals surface area contributed by atoms with Crippen LogP contribution < -0.4 is 0 Å². The summed E-state index contributed by atoms with van der Waals surface area (Å²) in [5.41, 5.74) is 0. The minimum atomic E-state index is -0.508. The van der Waals surface area contributed by atoms with E-state index < -0.39 is 14.5 Å². The number of rotatable bonds is 0. The summed E-state index contributed by atoms with van der Waals surface area (Å²) in [6.07, 6.45) is 11.1. The van der Waals surface area contributed by atoms with Gasteiger partial charge in [-0.2, -0.15) is 0 Å². The molecule has 88 valence electrons. The van der Waals surface area contributed by atoms with Crippen LogP contribution >= 0.6 is 14.5 Å². The van der Waals surface area contributed by atoms with E-state index >= 15 is 0 Å². The van der Waals surface area contributed by atoms with Crippen LogP contribution in [0.2, 0.25) is 0 Å². The summed E-state index contributed by atoms with van der Waals surface area (Å²) in [4.78, 5) is 0. The van der Waals surface area contributed by atoms with E-state index in [1.165, 1.54) is 0 Å². The maximum absolute atomic E-state index is 2.61. The molecule has 0 aliphatic carbocycles. The molecule has 15 heavy (non-hydrogen) atoms. The molecular weight excluding hydrogens is 218 g/mol. The lowest BCUT2D eigenvalue weighted by Crippen LogP contribution is -2.14. The third-order valence-electron chi connectivity index (χ3n) is 4.46. The molecule has 0 aromatic rings. The molecule has 0 amide bonds. The number of hydrogen-bond acceptors (Lipinski definition) is 0. The van der Waals surface area contributed by atoms with Crippen molar-refractivity contribution in [1.82, 2.24) is 0 Å². The third-order valence-corrected chi connectivity index (χ3v) is 10.4. The van der Waals surface area contributed by atoms with Gasteiger partial charge in [-0.05, 0) is 25.2 Å². The van der Waals surface area contributed by atoms with Crippen LogP contribution in [0.4, 0.5) is 0 Å². The van der Waals surface area contributed by atoms with Crippen LogP contribution in [0.15, 0.2) is 0 Å². The Morgan fingerprint density at radius 1 is 0.733 bits per heavy atom. The molecule has 2 heterocycles. The Bertz CT molecular complexity index is 211. The van der Waals surface area contributed by atoms with E-state index in [0.717, 1.165) is 11.8 Å². The fourth-order valence-corrected chi connectivity index (χ4v) is 9.75. The SMILES string of the molecule is C[P+]1(C)CCC2CC[P+](C)(C)CC(C2)C1. The minimum Gasteiger partial charge on any atom is -0.0404 e. The molecule has 2 aliphatic heterocycles. The lowest BCUT2D eigenvalue weighted by molar-refractivity contribution is 0.416. The molecule has 2 heteroatoms. The molecule has 2 aliphatic rings. The molecule has 0 radical (unpaired) electrons. The van der Waals surface area contributed by atoms with Crippen molar-refractivity contribution in [1.29, 1.82) is 0 Å². The van der Waals surface area contributed by atoms with E-state index in [0.29, 0.717) is 0 Å². The largest absolute Gasteiger partial charge is 0.0651 e. The highest BCUT2D eigenvalue weighted by Gasteiger charge is 2.42. The minimum absolute atomic E-state index is 0.508. The van der Waals surface area contributed by atoms with Gasteiger partial charge in [-0.25, -0.2) is 0 Å². The first-order valence-corrected chi connectivity index (χ1v) is 12.6. The second-order valence-corrected chi connectivity index (χ2v) is 16.6. The molecule has 2 saturated heterocycles. The van der Waals surface area contributed by atoms with E-state index in [1.54, 1.807) is 43.9 Å². The Labute approximate surface area is 97.3 Å². The summed E-state index contributed by atoms with van der Waals surface area (Å²) in [6.45, 7) is 10.4. The van der Waals surface area contributed by atoms with Gasteiger partial charge < -0.3 is 0 Å². The quantitative estimate of drug-likeness (QED) is 0.567. The molecule has 0 N–H and O–H groups in total. The van der Waals surface area contributed by atoms with Crippen LogP contribution in [0.3, 0.4) is 0 Å². The van der Waals surface area contributed by atoms with Crippen molar-refractivity contribution in [2.45, 2.75) is 19.3 Å². The van der Waals surface area contributed by atoms with Crippen molar-refractivity contribution in [2.24, 2.45) is 11.8 Å². The Kier molecular flexibility index (Phi) is 3.51. The molecule has 2 bridgehead atoms. The zero-order chi connectivity index (χ0) is 11.1. The second kappa shape index (κ2) is 4.27. The zero-order valence-corrected chi connectivity index (χ0v) is 12.8. The van der Waals surface area contributed by atoms with Crippen LogP contribution in [0.1, 0.15) is 19.3 Å². The van der Waals surface area contributed by atoms with Crippen molar-refractivity contribution < 1.29 is 0 Å². The molecule has 0 aromatic carbocycles. The van der Waals surface area contributed by atoms with Gasteiger partial charge in [0.05, 0.1) is 24.6 Å². The highest BCUT2D eigenvalue weighted by Crippen LogP contribution is 2.63. The van der Waals surface area contributed by atoms with Crippen LogP contribution in [0.25, 0.3) is 0 Å². The summed E-state index contributed by atoms with van der Waals surface area (Å²) in [5.74, 6) is 2.23. The first-order chi connectivity index (χ1) is 6.86. The van der Waals surface area contributed by atoms with Crippen LogP contribution in [0, 0.1) is 11.8 Å². The Balaban J connectivity index is 2.12. The Morgan fingerprint density at radius 2 is 1.20 bits per heavy atom. The Hall–Kier alpha value is 0.860. The second-order valence-electron chi connectivity index (χ2n) is 7.23. The average Bonchev–Trinajstić information content (AvgIpc) is 2.28. The topological polar surface area (TPSA) is 0 Å². The van der Waals surface area contributed by atoms with E-state index in [4.69, 9.17) is 0 Å². The first-order valence-electron chi connectivity index (χ1n) is 6.50. The van der Waals surface area contributed by atoms with Crippen LogP contribution in [-0.4, -0.2) is 51.3 Å². The predicted molar refractivity (Wildman–Crippen MR) is 77.8 cm³/mol. The van der Waals surface area contributed by atoms with Crippen molar-refractivity contribution >= 4 is 14.5 Å². The van der Waals surface area contributed by atoms with Crippen molar-refractivity contribution in [3.05, 3.63) is 0 Å². The van der Waals surface area contributed by atoms with Gasteiger partial charge in [0.25, 0.3) is 0 Å². The van der Waals surface area contributed by atoms with Crippen LogP contribution in [0.5, 0.6) is 0 Å². The third kappa shape index (κ3) is 3.41. The summed E-state index contributed by atoms with van der Waals surface area (Å²) < 4.78 is 0. The van der Waals surface area contributed by atoms with Gasteiger partial charge in [-0.1, -0.05) is 0 Å². The summed E-state index contributed by atoms with van der Waals surface area (Å²) in [7, 11) is -1.02. The van der Waals surface area contributed by atoms with Crippen molar-refractivity contribution in [3.8, 4) is 0 Å². The van der Waals surface area contributed by atoms with Crippen molar-refractivity contribution in [2.75, 3.05) is 51.3 Å². The molecule has 2 fully saturated rings. The molecule has 0 aromatic heterocycles. The van der Waals surface area contributed by atoms with Gasteiger partial charge in [-0.3, -0.25) is 0 Å². The predicted octanol–water partition coefficient (Wildman–Crippen LogP) is 3.97. The van der Waals surface area contributed by atoms with E-state index in [9.17, 15) is 0 Å².